The van der Waals surface area contributed by atoms with E-state index in [0.29, 0.717) is 0 Å². The van der Waals surface area contributed by atoms with E-state index in [0.717, 1.165) is 0 Å². The number of ether oxygens (including phenoxy) is 1. The maximum atomic E-state index is 13.5. The van der Waals surface area contributed by atoms with Crippen molar-refractivity contribution in [3.63, 3.8) is 0 Å². The fourth-order valence-corrected chi connectivity index (χ4v) is 2.10. The first-order valence-electron chi connectivity index (χ1n) is 5.68. The summed E-state index contributed by atoms with van der Waals surface area (Å²) in [5.41, 5.74) is -2.07. The molecule has 0 spiro atoms. The number of hydrogen-bond acceptors (Lipinski definition) is 2. The van der Waals surface area contributed by atoms with Gasteiger partial charge in [0.25, 0.3) is 5.92 Å². The topological polar surface area (TPSA) is 46.5 Å². The lowest BCUT2D eigenvalue weighted by Crippen LogP contribution is -2.28. The van der Waals surface area contributed by atoms with Crippen LogP contribution < -0.4 is 4.74 Å². The minimum Gasteiger partial charge on any atom is -0.491 e. The van der Waals surface area contributed by atoms with Crippen LogP contribution in [0.1, 0.15) is 25.8 Å². The van der Waals surface area contributed by atoms with Crippen molar-refractivity contribution in [3.8, 4) is 5.75 Å². The van der Waals surface area contributed by atoms with Crippen LogP contribution in [0.15, 0.2) is 24.3 Å². The van der Waals surface area contributed by atoms with Crippen molar-refractivity contribution in [2.75, 3.05) is 0 Å². The molecule has 18 heavy (non-hydrogen) atoms. The molecule has 5 heteroatoms. The molecule has 1 saturated carbocycles. The van der Waals surface area contributed by atoms with Crippen LogP contribution in [0.4, 0.5) is 8.78 Å². The summed E-state index contributed by atoms with van der Waals surface area (Å²) in [7, 11) is 0. The quantitative estimate of drug-likeness (QED) is 0.901. The fourth-order valence-electron chi connectivity index (χ4n) is 2.10. The molecule has 1 aliphatic carbocycles. The van der Waals surface area contributed by atoms with E-state index in [1.807, 2.05) is 0 Å². The molecule has 1 fully saturated rings. The van der Waals surface area contributed by atoms with E-state index in [4.69, 9.17) is 9.84 Å². The van der Waals surface area contributed by atoms with Crippen molar-refractivity contribution >= 4 is 5.97 Å². The lowest BCUT2D eigenvalue weighted by Gasteiger charge is -2.18. The molecule has 98 valence electrons. The van der Waals surface area contributed by atoms with Crippen LogP contribution in [0.3, 0.4) is 0 Å². The van der Waals surface area contributed by atoms with Gasteiger partial charge in [-0.05, 0) is 19.9 Å². The Labute approximate surface area is 103 Å². The minimum absolute atomic E-state index is 0.0520. The second-order valence-corrected chi connectivity index (χ2v) is 4.75. The highest BCUT2D eigenvalue weighted by molar-refractivity contribution is 5.88. The normalized spacial score (nSPS) is 24.9. The molecular weight excluding hydrogens is 242 g/mol. The number of carboxylic acid groups (broad SMARTS) is 1. The molecule has 1 aromatic carbocycles. The third kappa shape index (κ3) is 1.74. The third-order valence-electron chi connectivity index (χ3n) is 3.06. The first kappa shape index (κ1) is 12.8. The highest BCUT2D eigenvalue weighted by atomic mass is 19.3. The van der Waals surface area contributed by atoms with E-state index in [1.54, 1.807) is 26.0 Å². The Morgan fingerprint density at radius 3 is 2.39 bits per heavy atom. The van der Waals surface area contributed by atoms with Crippen molar-refractivity contribution in [1.82, 2.24) is 0 Å². The van der Waals surface area contributed by atoms with Crippen LogP contribution in [0.25, 0.3) is 0 Å². The Morgan fingerprint density at radius 2 is 1.94 bits per heavy atom. The summed E-state index contributed by atoms with van der Waals surface area (Å²) in [6.07, 6.45) is -0.877. The number of carboxylic acids is 1. The molecule has 0 amide bonds. The SMILES string of the molecule is CC(C)Oc1ccccc1C1(C(=O)O)CC1(F)F. The number of para-hydroxylation sites is 1. The largest absolute Gasteiger partial charge is 0.491 e. The fraction of sp³-hybridized carbons (Fsp3) is 0.462. The van der Waals surface area contributed by atoms with Crippen LogP contribution in [0, 0.1) is 0 Å². The van der Waals surface area contributed by atoms with E-state index >= 15 is 0 Å². The van der Waals surface area contributed by atoms with Crippen molar-refractivity contribution in [3.05, 3.63) is 29.8 Å². The zero-order valence-electron chi connectivity index (χ0n) is 10.1. The summed E-state index contributed by atoms with van der Waals surface area (Å²) in [6.45, 7) is 3.52. The van der Waals surface area contributed by atoms with E-state index in [9.17, 15) is 13.6 Å². The average Bonchev–Trinajstić information content (AvgIpc) is 2.83. The van der Waals surface area contributed by atoms with Gasteiger partial charge >= 0.3 is 5.97 Å². The van der Waals surface area contributed by atoms with Gasteiger partial charge in [-0.25, -0.2) is 8.78 Å². The van der Waals surface area contributed by atoms with Gasteiger partial charge in [0.2, 0.25) is 0 Å². The van der Waals surface area contributed by atoms with Gasteiger partial charge in [-0.15, -0.1) is 0 Å². The summed E-state index contributed by atoms with van der Waals surface area (Å²) in [6, 6.07) is 6.10. The van der Waals surface area contributed by atoms with E-state index in [1.165, 1.54) is 12.1 Å². The molecule has 0 heterocycles. The van der Waals surface area contributed by atoms with Gasteiger partial charge < -0.3 is 9.84 Å². The van der Waals surface area contributed by atoms with Crippen LogP contribution in [0.5, 0.6) is 5.75 Å². The summed E-state index contributed by atoms with van der Waals surface area (Å²) >= 11 is 0. The Hall–Kier alpha value is -1.65. The predicted octanol–water partition coefficient (Wildman–Crippen LogP) is 2.84. The first-order valence-corrected chi connectivity index (χ1v) is 5.68. The smallest absolute Gasteiger partial charge is 0.320 e. The second-order valence-electron chi connectivity index (χ2n) is 4.75. The lowest BCUT2D eigenvalue weighted by molar-refractivity contribution is -0.143. The molecule has 1 aromatic rings. The molecule has 1 unspecified atom stereocenters. The molecule has 0 saturated heterocycles. The molecule has 0 radical (unpaired) electrons. The van der Waals surface area contributed by atoms with Gasteiger partial charge in [0.15, 0.2) is 5.41 Å². The molecular formula is C13H14F2O3. The highest BCUT2D eigenvalue weighted by Crippen LogP contribution is 2.63. The van der Waals surface area contributed by atoms with Crippen LogP contribution in [-0.4, -0.2) is 23.1 Å². The zero-order chi connectivity index (χ0) is 13.6. The standard InChI is InChI=1S/C13H14F2O3/c1-8(2)18-10-6-4-3-5-9(10)12(11(16)17)7-13(12,14)15/h3-6,8H,7H2,1-2H3,(H,16,17). The van der Waals surface area contributed by atoms with E-state index in [2.05, 4.69) is 0 Å². The van der Waals surface area contributed by atoms with Crippen molar-refractivity contribution in [2.24, 2.45) is 0 Å². The summed E-state index contributed by atoms with van der Waals surface area (Å²) in [5, 5.41) is 9.12. The predicted molar refractivity (Wildman–Crippen MR) is 61.1 cm³/mol. The van der Waals surface area contributed by atoms with Gasteiger partial charge in [0.1, 0.15) is 5.75 Å². The third-order valence-corrected chi connectivity index (χ3v) is 3.06. The van der Waals surface area contributed by atoms with Crippen LogP contribution in [0.2, 0.25) is 0 Å². The van der Waals surface area contributed by atoms with Crippen molar-refractivity contribution in [1.29, 1.82) is 0 Å². The van der Waals surface area contributed by atoms with Crippen LogP contribution >= 0.6 is 0 Å². The molecule has 1 atom stereocenters. The van der Waals surface area contributed by atoms with E-state index in [-0.39, 0.29) is 17.4 Å². The monoisotopic (exact) mass is 256 g/mol. The maximum absolute atomic E-state index is 13.5. The molecule has 3 nitrogen and oxygen atoms in total. The van der Waals surface area contributed by atoms with Crippen LogP contribution in [-0.2, 0) is 10.2 Å². The number of aliphatic carboxylic acids is 1. The first-order chi connectivity index (χ1) is 8.31. The Kier molecular flexibility index (Phi) is 2.80. The summed E-state index contributed by atoms with van der Waals surface area (Å²) in [4.78, 5) is 11.2. The lowest BCUT2D eigenvalue weighted by atomic mass is 9.94. The van der Waals surface area contributed by atoms with Gasteiger partial charge in [-0.2, -0.15) is 0 Å². The molecule has 0 aromatic heterocycles. The number of rotatable bonds is 4. The molecule has 1 N–H and O–H groups in total. The van der Waals surface area contributed by atoms with Gasteiger partial charge in [0, 0.05) is 12.0 Å². The number of hydrogen-bond donors (Lipinski definition) is 1. The van der Waals surface area contributed by atoms with Gasteiger partial charge in [-0.1, -0.05) is 18.2 Å². The molecule has 0 bridgehead atoms. The second kappa shape index (κ2) is 3.93. The minimum atomic E-state index is -3.21. The molecule has 2 rings (SSSR count). The van der Waals surface area contributed by atoms with E-state index < -0.39 is 23.7 Å². The molecule has 0 aliphatic heterocycles. The average molecular weight is 256 g/mol. The number of benzene rings is 1. The number of carbonyl (C=O) groups is 1. The summed E-state index contributed by atoms with van der Waals surface area (Å²) < 4.78 is 32.4. The van der Waals surface area contributed by atoms with Gasteiger partial charge in [0.05, 0.1) is 6.10 Å². The Bertz CT molecular complexity index is 485. The Morgan fingerprint density at radius 1 is 1.39 bits per heavy atom. The number of alkyl halides is 2. The summed E-state index contributed by atoms with van der Waals surface area (Å²) in [5.74, 6) is -4.51. The highest BCUT2D eigenvalue weighted by Gasteiger charge is 2.78. The van der Waals surface area contributed by atoms with Gasteiger partial charge in [-0.3, -0.25) is 4.79 Å². The maximum Gasteiger partial charge on any atom is 0.320 e. The van der Waals surface area contributed by atoms with Crippen molar-refractivity contribution < 1.29 is 23.4 Å². The zero-order valence-corrected chi connectivity index (χ0v) is 10.1. The molecule has 1 aliphatic rings. The Balaban J connectivity index is 2.48. The van der Waals surface area contributed by atoms with Crippen molar-refractivity contribution in [2.45, 2.75) is 37.7 Å². The number of halogens is 2.